The fourth-order valence-corrected chi connectivity index (χ4v) is 1.36. The Kier molecular flexibility index (Phi) is 4.52. The van der Waals surface area contributed by atoms with Crippen LogP contribution in [0.5, 0.6) is 0 Å². The third-order valence-corrected chi connectivity index (χ3v) is 3.12. The molecule has 0 aliphatic carbocycles. The van der Waals surface area contributed by atoms with Gasteiger partial charge < -0.3 is 5.11 Å². The van der Waals surface area contributed by atoms with Crippen LogP contribution in [0, 0.1) is 29.1 Å². The maximum absolute atomic E-state index is 13.4. The highest BCUT2D eigenvalue weighted by Crippen LogP contribution is 2.25. The summed E-state index contributed by atoms with van der Waals surface area (Å²) in [6.07, 6.45) is 0. The Morgan fingerprint density at radius 1 is 0.895 bits per heavy atom. The Hall–Kier alpha value is -1.21. The Bertz CT molecular complexity index is 460. The minimum Gasteiger partial charge on any atom is -0.394 e. The molecule has 19 heavy (non-hydrogen) atoms. The molecule has 108 valence electrons. The van der Waals surface area contributed by atoms with Crippen LogP contribution in [0.3, 0.4) is 0 Å². The second-order valence-electron chi connectivity index (χ2n) is 4.88. The minimum absolute atomic E-state index is 0.334. The first-order chi connectivity index (χ1) is 8.63. The third-order valence-electron chi connectivity index (χ3n) is 3.12. The van der Waals surface area contributed by atoms with Crippen molar-refractivity contribution in [1.29, 1.82) is 0 Å². The van der Waals surface area contributed by atoms with Crippen molar-refractivity contribution in [2.75, 3.05) is 13.7 Å². The Morgan fingerprint density at radius 2 is 1.26 bits per heavy atom. The number of likely N-dealkylation sites (N-methyl/N-ethyl adjacent to an activating group) is 1. The molecule has 0 aliphatic heterocycles. The van der Waals surface area contributed by atoms with E-state index in [0.29, 0.717) is 0 Å². The van der Waals surface area contributed by atoms with Crippen molar-refractivity contribution < 1.29 is 27.1 Å². The topological polar surface area (TPSA) is 23.5 Å². The van der Waals surface area contributed by atoms with Crippen LogP contribution in [0.4, 0.5) is 22.0 Å². The summed E-state index contributed by atoms with van der Waals surface area (Å²) in [5.74, 6) is -9.81. The normalized spacial score (nSPS) is 12.3. The summed E-state index contributed by atoms with van der Waals surface area (Å²) in [7, 11) is 1.41. The fourth-order valence-electron chi connectivity index (χ4n) is 1.36. The van der Waals surface area contributed by atoms with Gasteiger partial charge in [0, 0.05) is 17.6 Å². The highest BCUT2D eigenvalue weighted by atomic mass is 19.2. The number of aliphatic hydroxyl groups is 1. The molecule has 0 aromatic heterocycles. The van der Waals surface area contributed by atoms with Crippen LogP contribution in [-0.2, 0) is 6.54 Å². The maximum Gasteiger partial charge on any atom is 0.200 e. The summed E-state index contributed by atoms with van der Waals surface area (Å²) < 4.78 is 65.7. The number of rotatable bonds is 4. The van der Waals surface area contributed by atoms with E-state index in [1.165, 1.54) is 11.9 Å². The second kappa shape index (κ2) is 5.42. The summed E-state index contributed by atoms with van der Waals surface area (Å²) in [4.78, 5) is 1.30. The van der Waals surface area contributed by atoms with Crippen molar-refractivity contribution in [2.45, 2.75) is 25.9 Å². The van der Waals surface area contributed by atoms with Crippen molar-refractivity contribution >= 4 is 0 Å². The summed E-state index contributed by atoms with van der Waals surface area (Å²) in [5.41, 5.74) is -1.78. The van der Waals surface area contributed by atoms with Gasteiger partial charge in [-0.1, -0.05) is 0 Å². The van der Waals surface area contributed by atoms with Gasteiger partial charge in [-0.15, -0.1) is 0 Å². The van der Waals surface area contributed by atoms with E-state index in [0.717, 1.165) is 0 Å². The van der Waals surface area contributed by atoms with Crippen molar-refractivity contribution in [3.63, 3.8) is 0 Å². The summed E-state index contributed by atoms with van der Waals surface area (Å²) >= 11 is 0. The van der Waals surface area contributed by atoms with Crippen LogP contribution in [0.1, 0.15) is 19.4 Å². The first-order valence-corrected chi connectivity index (χ1v) is 5.46. The van der Waals surface area contributed by atoms with Crippen LogP contribution in [0.15, 0.2) is 0 Å². The molecule has 0 saturated carbocycles. The standard InChI is InChI=1S/C12H14F5NO/c1-12(2,5-19)18(3)4-6-7(13)9(15)11(17)10(16)8(6)14/h19H,4-5H2,1-3H3. The SMILES string of the molecule is CN(Cc1c(F)c(F)c(F)c(F)c1F)C(C)(C)CO. The fraction of sp³-hybridized carbons (Fsp3) is 0.500. The van der Waals surface area contributed by atoms with Gasteiger partial charge in [0.05, 0.1) is 6.61 Å². The highest BCUT2D eigenvalue weighted by Gasteiger charge is 2.29. The van der Waals surface area contributed by atoms with Gasteiger partial charge >= 0.3 is 0 Å². The average Bonchev–Trinajstić information content (AvgIpc) is 2.38. The third kappa shape index (κ3) is 2.87. The molecule has 0 unspecified atom stereocenters. The molecule has 0 amide bonds. The van der Waals surface area contributed by atoms with Crippen LogP contribution < -0.4 is 0 Å². The minimum atomic E-state index is -2.18. The van der Waals surface area contributed by atoms with Gasteiger partial charge in [0.2, 0.25) is 5.82 Å². The first-order valence-electron chi connectivity index (χ1n) is 5.46. The molecular formula is C12H14F5NO. The van der Waals surface area contributed by atoms with Gasteiger partial charge in [-0.3, -0.25) is 4.90 Å². The molecule has 0 radical (unpaired) electrons. The zero-order valence-electron chi connectivity index (χ0n) is 10.7. The van der Waals surface area contributed by atoms with Gasteiger partial charge in [-0.05, 0) is 20.9 Å². The molecule has 1 rings (SSSR count). The number of hydrogen-bond donors (Lipinski definition) is 1. The zero-order valence-corrected chi connectivity index (χ0v) is 10.7. The number of nitrogens with zero attached hydrogens (tertiary/aromatic N) is 1. The Labute approximate surface area is 107 Å². The van der Waals surface area contributed by atoms with E-state index in [4.69, 9.17) is 5.11 Å². The molecule has 0 aliphatic rings. The molecule has 0 heterocycles. The summed E-state index contributed by atoms with van der Waals surface area (Å²) in [6.45, 7) is 2.29. The van der Waals surface area contributed by atoms with Crippen molar-refractivity contribution in [3.8, 4) is 0 Å². The van der Waals surface area contributed by atoms with Crippen molar-refractivity contribution in [2.24, 2.45) is 0 Å². The van der Waals surface area contributed by atoms with E-state index in [-0.39, 0.29) is 6.61 Å². The molecule has 0 bridgehead atoms. The second-order valence-corrected chi connectivity index (χ2v) is 4.88. The van der Waals surface area contributed by atoms with Crippen LogP contribution in [-0.4, -0.2) is 29.2 Å². The van der Waals surface area contributed by atoms with E-state index in [1.807, 2.05) is 0 Å². The van der Waals surface area contributed by atoms with Gasteiger partial charge in [0.15, 0.2) is 23.3 Å². The van der Waals surface area contributed by atoms with Crippen LogP contribution in [0.2, 0.25) is 0 Å². The van der Waals surface area contributed by atoms with Crippen LogP contribution in [0.25, 0.3) is 0 Å². The molecule has 0 spiro atoms. The number of halogens is 5. The lowest BCUT2D eigenvalue weighted by Crippen LogP contribution is -2.44. The molecule has 0 atom stereocenters. The molecule has 1 N–H and O–H groups in total. The molecule has 7 heteroatoms. The summed E-state index contributed by atoms with van der Waals surface area (Å²) in [5, 5.41) is 9.10. The molecule has 0 saturated heterocycles. The Morgan fingerprint density at radius 3 is 1.63 bits per heavy atom. The average molecular weight is 283 g/mol. The number of benzene rings is 1. The number of aliphatic hydroxyl groups excluding tert-OH is 1. The van der Waals surface area contributed by atoms with E-state index in [1.54, 1.807) is 13.8 Å². The predicted molar refractivity (Wildman–Crippen MR) is 58.9 cm³/mol. The molecule has 1 aromatic rings. The molecule has 0 fully saturated rings. The van der Waals surface area contributed by atoms with Gasteiger partial charge in [0.25, 0.3) is 0 Å². The molecular weight excluding hydrogens is 269 g/mol. The number of hydrogen-bond acceptors (Lipinski definition) is 2. The summed E-state index contributed by atoms with van der Waals surface area (Å²) in [6, 6.07) is 0. The first kappa shape index (κ1) is 15.8. The lowest BCUT2D eigenvalue weighted by atomic mass is 10.0. The van der Waals surface area contributed by atoms with Crippen LogP contribution >= 0.6 is 0 Å². The van der Waals surface area contributed by atoms with E-state index >= 15 is 0 Å². The molecule has 1 aromatic carbocycles. The highest BCUT2D eigenvalue weighted by molar-refractivity contribution is 5.24. The smallest absolute Gasteiger partial charge is 0.200 e. The monoisotopic (exact) mass is 283 g/mol. The Balaban J connectivity index is 3.23. The van der Waals surface area contributed by atoms with Crippen molar-refractivity contribution in [3.05, 3.63) is 34.6 Å². The maximum atomic E-state index is 13.4. The largest absolute Gasteiger partial charge is 0.394 e. The van der Waals surface area contributed by atoms with Gasteiger partial charge in [-0.25, -0.2) is 22.0 Å². The van der Waals surface area contributed by atoms with E-state index < -0.39 is 46.7 Å². The molecule has 2 nitrogen and oxygen atoms in total. The van der Waals surface area contributed by atoms with E-state index in [9.17, 15) is 22.0 Å². The zero-order chi connectivity index (χ0) is 15.0. The van der Waals surface area contributed by atoms with E-state index in [2.05, 4.69) is 0 Å². The van der Waals surface area contributed by atoms with Gasteiger partial charge in [-0.2, -0.15) is 0 Å². The lowest BCUT2D eigenvalue weighted by Gasteiger charge is -2.34. The van der Waals surface area contributed by atoms with Crippen molar-refractivity contribution in [1.82, 2.24) is 4.90 Å². The van der Waals surface area contributed by atoms with Gasteiger partial charge in [0.1, 0.15) is 0 Å². The predicted octanol–water partition coefficient (Wildman–Crippen LogP) is 2.58. The quantitative estimate of drug-likeness (QED) is 0.521. The lowest BCUT2D eigenvalue weighted by molar-refractivity contribution is 0.0711.